The van der Waals surface area contributed by atoms with E-state index in [2.05, 4.69) is 245 Å². The molecule has 0 N–H and O–H groups in total. The summed E-state index contributed by atoms with van der Waals surface area (Å²) in [5.41, 5.74) is 20.3. The van der Waals surface area contributed by atoms with Gasteiger partial charge in [0.25, 0.3) is 0 Å². The molecule has 12 rings (SSSR count). The fourth-order valence-electron chi connectivity index (χ4n) is 11.4. The van der Waals surface area contributed by atoms with E-state index < -0.39 is 5.41 Å². The SMILES string of the molecule is CC1(C)CCC(C)(C)c2cc(-c3cc4c(cc3N(c3ccc(-c5ccccc5)cc3)c3ccc(-c5ccccc5)cc3)C3(c5ccccc5Oc5ccccc53)c3ccccc3-4)ccc21. The predicted molar refractivity (Wildman–Crippen MR) is 270 cm³/mol. The van der Waals surface area contributed by atoms with Crippen LogP contribution >= 0.6 is 0 Å². The van der Waals surface area contributed by atoms with Crippen LogP contribution in [0.25, 0.3) is 44.5 Å². The molecule has 0 radical (unpaired) electrons. The normalized spacial score (nSPS) is 15.4. The molecular formula is C63H51NO. The lowest BCUT2D eigenvalue weighted by Gasteiger charge is -2.42. The fourth-order valence-corrected chi connectivity index (χ4v) is 11.4. The van der Waals surface area contributed by atoms with E-state index in [1.807, 2.05) is 0 Å². The Labute approximate surface area is 383 Å². The highest BCUT2D eigenvalue weighted by Crippen LogP contribution is 2.64. The third-order valence-electron chi connectivity index (χ3n) is 14.8. The Kier molecular flexibility index (Phi) is 8.94. The Bertz CT molecular complexity index is 3140. The van der Waals surface area contributed by atoms with Crippen molar-refractivity contribution in [1.29, 1.82) is 0 Å². The van der Waals surface area contributed by atoms with Crippen molar-refractivity contribution in [3.63, 3.8) is 0 Å². The maximum absolute atomic E-state index is 6.78. The monoisotopic (exact) mass is 837 g/mol. The van der Waals surface area contributed by atoms with Crippen LogP contribution in [-0.4, -0.2) is 0 Å². The fraction of sp³-hybridized carbons (Fsp3) is 0.143. The molecular weight excluding hydrogens is 787 g/mol. The lowest BCUT2D eigenvalue weighted by Crippen LogP contribution is -2.33. The van der Waals surface area contributed by atoms with Crippen LogP contribution in [0, 0.1) is 0 Å². The van der Waals surface area contributed by atoms with Gasteiger partial charge in [-0.25, -0.2) is 0 Å². The van der Waals surface area contributed by atoms with Gasteiger partial charge in [0.05, 0.1) is 11.1 Å². The van der Waals surface area contributed by atoms with Crippen molar-refractivity contribution in [2.45, 2.75) is 56.8 Å². The summed E-state index contributed by atoms with van der Waals surface area (Å²) in [5, 5.41) is 0. The molecule has 9 aromatic rings. The van der Waals surface area contributed by atoms with E-state index in [0.717, 1.165) is 46.1 Å². The highest BCUT2D eigenvalue weighted by atomic mass is 16.5. The van der Waals surface area contributed by atoms with Gasteiger partial charge in [0.15, 0.2) is 0 Å². The number of anilines is 3. The Morgan fingerprint density at radius 1 is 0.338 bits per heavy atom. The van der Waals surface area contributed by atoms with Crippen LogP contribution in [0.3, 0.4) is 0 Å². The molecule has 0 unspecified atom stereocenters. The third-order valence-corrected chi connectivity index (χ3v) is 14.8. The van der Waals surface area contributed by atoms with Crippen LogP contribution in [0.1, 0.15) is 73.9 Å². The van der Waals surface area contributed by atoms with Gasteiger partial charge in [-0.1, -0.05) is 191 Å². The molecule has 1 aliphatic heterocycles. The number of fused-ring (bicyclic) bond motifs is 10. The minimum atomic E-state index is -0.619. The first kappa shape index (κ1) is 39.2. The lowest BCUT2D eigenvalue weighted by molar-refractivity contribution is 0.332. The molecule has 0 amide bonds. The van der Waals surface area contributed by atoms with Gasteiger partial charge in [-0.15, -0.1) is 0 Å². The van der Waals surface area contributed by atoms with Gasteiger partial charge in [-0.05, 0) is 133 Å². The van der Waals surface area contributed by atoms with Crippen molar-refractivity contribution < 1.29 is 4.74 Å². The Hall–Kier alpha value is -7.42. The quantitative estimate of drug-likeness (QED) is 0.165. The van der Waals surface area contributed by atoms with E-state index in [0.29, 0.717) is 0 Å². The number of para-hydroxylation sites is 2. The molecule has 1 spiro atoms. The van der Waals surface area contributed by atoms with Crippen LogP contribution in [0.4, 0.5) is 17.1 Å². The van der Waals surface area contributed by atoms with Crippen LogP contribution in [0.5, 0.6) is 11.5 Å². The van der Waals surface area contributed by atoms with Gasteiger partial charge in [0, 0.05) is 28.1 Å². The van der Waals surface area contributed by atoms with Gasteiger partial charge >= 0.3 is 0 Å². The minimum Gasteiger partial charge on any atom is -0.457 e. The second-order valence-corrected chi connectivity index (χ2v) is 19.5. The molecule has 314 valence electrons. The van der Waals surface area contributed by atoms with Gasteiger partial charge in [0.1, 0.15) is 11.5 Å². The zero-order chi connectivity index (χ0) is 43.9. The summed E-state index contributed by atoms with van der Waals surface area (Å²) in [4.78, 5) is 2.50. The summed E-state index contributed by atoms with van der Waals surface area (Å²) in [6.07, 6.45) is 2.33. The minimum absolute atomic E-state index is 0.0458. The second kappa shape index (κ2) is 14.8. The van der Waals surface area contributed by atoms with Crippen LogP contribution in [-0.2, 0) is 16.2 Å². The molecule has 65 heavy (non-hydrogen) atoms. The van der Waals surface area contributed by atoms with E-state index in [9.17, 15) is 0 Å². The maximum Gasteiger partial charge on any atom is 0.132 e. The maximum atomic E-state index is 6.78. The molecule has 2 aliphatic carbocycles. The summed E-state index contributed by atoms with van der Waals surface area (Å²) < 4.78 is 6.78. The van der Waals surface area contributed by atoms with Gasteiger partial charge in [0.2, 0.25) is 0 Å². The van der Waals surface area contributed by atoms with Crippen molar-refractivity contribution in [3.8, 4) is 56.0 Å². The van der Waals surface area contributed by atoms with Crippen LogP contribution in [0.2, 0.25) is 0 Å². The smallest absolute Gasteiger partial charge is 0.132 e. The second-order valence-electron chi connectivity index (χ2n) is 19.5. The summed E-state index contributed by atoms with van der Waals surface area (Å²) in [6.45, 7) is 9.70. The number of ether oxygens (including phenoxy) is 1. The van der Waals surface area contributed by atoms with E-state index in [1.54, 1.807) is 0 Å². The highest BCUT2D eigenvalue weighted by Gasteiger charge is 2.51. The molecule has 0 fully saturated rings. The summed E-state index contributed by atoms with van der Waals surface area (Å²) >= 11 is 0. The molecule has 0 aromatic heterocycles. The molecule has 2 nitrogen and oxygen atoms in total. The summed E-state index contributed by atoms with van der Waals surface area (Å²) in [5.74, 6) is 1.78. The van der Waals surface area contributed by atoms with Crippen molar-refractivity contribution in [1.82, 2.24) is 0 Å². The first-order valence-electron chi connectivity index (χ1n) is 23.1. The number of rotatable bonds is 6. The van der Waals surface area contributed by atoms with Gasteiger partial charge < -0.3 is 9.64 Å². The highest BCUT2D eigenvalue weighted by molar-refractivity contribution is 5.98. The first-order chi connectivity index (χ1) is 31.7. The molecule has 0 atom stereocenters. The molecule has 0 saturated carbocycles. The van der Waals surface area contributed by atoms with Crippen LogP contribution < -0.4 is 9.64 Å². The third kappa shape index (κ3) is 6.15. The van der Waals surface area contributed by atoms with Crippen molar-refractivity contribution in [2.75, 3.05) is 4.90 Å². The standard InChI is InChI=1S/C63H51NO/c1-61(2)37-38-62(3,4)57-39-46(31-36-53(57)61)50-40-51-49-21-11-12-22-52(49)63(54-23-13-15-25-59(54)65-60-26-16-14-24-55(60)63)56(51)41-58(50)64(47-32-27-44(28-33-47)42-17-7-5-8-18-42)48-34-29-45(30-35-48)43-19-9-6-10-20-43/h5-36,39-41H,37-38H2,1-4H3. The topological polar surface area (TPSA) is 12.5 Å². The average Bonchev–Trinajstić information content (AvgIpc) is 3.63. The lowest BCUT2D eigenvalue weighted by atomic mass is 9.63. The zero-order valence-corrected chi connectivity index (χ0v) is 37.5. The van der Waals surface area contributed by atoms with Crippen LogP contribution in [0.15, 0.2) is 212 Å². The van der Waals surface area contributed by atoms with E-state index in [-0.39, 0.29) is 10.8 Å². The molecule has 1 heterocycles. The van der Waals surface area contributed by atoms with E-state index >= 15 is 0 Å². The van der Waals surface area contributed by atoms with E-state index in [1.165, 1.54) is 73.2 Å². The largest absolute Gasteiger partial charge is 0.457 e. The Morgan fingerprint density at radius 3 is 1.37 bits per heavy atom. The number of hydrogen-bond acceptors (Lipinski definition) is 2. The molecule has 0 bridgehead atoms. The average molecular weight is 838 g/mol. The van der Waals surface area contributed by atoms with Crippen molar-refractivity contribution >= 4 is 17.1 Å². The number of nitrogens with zero attached hydrogens (tertiary/aromatic N) is 1. The van der Waals surface area contributed by atoms with Gasteiger partial charge in [-0.3, -0.25) is 0 Å². The molecule has 0 saturated heterocycles. The number of benzene rings is 9. The molecule has 2 heteroatoms. The van der Waals surface area contributed by atoms with Gasteiger partial charge in [-0.2, -0.15) is 0 Å². The number of hydrogen-bond donors (Lipinski definition) is 0. The predicted octanol–water partition coefficient (Wildman–Crippen LogP) is 17.0. The summed E-state index contributed by atoms with van der Waals surface area (Å²) in [6, 6.07) is 78.5. The summed E-state index contributed by atoms with van der Waals surface area (Å²) in [7, 11) is 0. The molecule has 9 aromatic carbocycles. The Morgan fingerprint density at radius 2 is 0.800 bits per heavy atom. The van der Waals surface area contributed by atoms with Crippen molar-refractivity contribution in [2.24, 2.45) is 0 Å². The van der Waals surface area contributed by atoms with Crippen molar-refractivity contribution in [3.05, 3.63) is 246 Å². The van der Waals surface area contributed by atoms with E-state index in [4.69, 9.17) is 4.74 Å². The zero-order valence-electron chi connectivity index (χ0n) is 37.5. The molecule has 3 aliphatic rings. The first-order valence-corrected chi connectivity index (χ1v) is 23.1. The Balaban J connectivity index is 1.17.